The van der Waals surface area contributed by atoms with E-state index in [1.807, 2.05) is 52.9 Å². The number of aromatic nitrogens is 2. The molecule has 0 atom stereocenters. The third-order valence-electron chi connectivity index (χ3n) is 7.33. The lowest BCUT2D eigenvalue weighted by atomic mass is 9.89. The zero-order chi connectivity index (χ0) is 28.1. The Bertz CT molecular complexity index is 1460. The minimum atomic E-state index is -0.0924. The summed E-state index contributed by atoms with van der Waals surface area (Å²) in [5.74, 6) is 0.462. The summed E-state index contributed by atoms with van der Waals surface area (Å²) in [6, 6.07) is 24.0. The zero-order valence-corrected chi connectivity index (χ0v) is 23.6. The van der Waals surface area contributed by atoms with Crippen LogP contribution in [0.2, 0.25) is 0 Å². The molecule has 206 valence electrons. The Morgan fingerprint density at radius 1 is 1.00 bits per heavy atom. The number of thiophene rings is 1. The minimum absolute atomic E-state index is 0.0215. The van der Waals surface area contributed by atoms with Gasteiger partial charge in [-0.05, 0) is 67.9 Å². The fourth-order valence-corrected chi connectivity index (χ4v) is 5.98. The minimum Gasteiger partial charge on any atom is -0.426 e. The van der Waals surface area contributed by atoms with Gasteiger partial charge in [0.2, 0.25) is 5.90 Å². The highest BCUT2D eigenvalue weighted by molar-refractivity contribution is 7.12. The third-order valence-corrected chi connectivity index (χ3v) is 8.19. The van der Waals surface area contributed by atoms with Crippen LogP contribution in [-0.4, -0.2) is 51.5 Å². The largest absolute Gasteiger partial charge is 0.426 e. The first-order valence-electron chi connectivity index (χ1n) is 13.5. The van der Waals surface area contributed by atoms with Gasteiger partial charge in [-0.25, -0.2) is 4.68 Å². The van der Waals surface area contributed by atoms with Gasteiger partial charge < -0.3 is 4.74 Å². The maximum Gasteiger partial charge on any atom is 0.269 e. The molecule has 1 saturated carbocycles. The van der Waals surface area contributed by atoms with E-state index in [9.17, 15) is 4.79 Å². The lowest BCUT2D eigenvalue weighted by Gasteiger charge is -2.38. The molecule has 5 rings (SSSR count). The molecule has 9 heteroatoms. The van der Waals surface area contributed by atoms with E-state index in [0.717, 1.165) is 37.9 Å². The highest BCUT2D eigenvalue weighted by Gasteiger charge is 2.33. The monoisotopic (exact) mass is 554 g/mol. The zero-order valence-electron chi connectivity index (χ0n) is 22.8. The summed E-state index contributed by atoms with van der Waals surface area (Å²) in [5.41, 5.74) is 2.60. The number of nitrogens with zero attached hydrogens (tertiary/aromatic N) is 4. The summed E-state index contributed by atoms with van der Waals surface area (Å²) in [5, 5.41) is 22.4. The van der Waals surface area contributed by atoms with Crippen molar-refractivity contribution in [2.75, 3.05) is 11.9 Å². The molecule has 1 aliphatic rings. The van der Waals surface area contributed by atoms with Crippen molar-refractivity contribution in [2.45, 2.75) is 51.2 Å². The van der Waals surface area contributed by atoms with Crippen molar-refractivity contribution in [3.05, 3.63) is 100 Å². The molecule has 0 bridgehead atoms. The summed E-state index contributed by atoms with van der Waals surface area (Å²) < 4.78 is 6.88. The van der Waals surface area contributed by atoms with Gasteiger partial charge in [-0.2, -0.15) is 0 Å². The normalized spacial score (nSPS) is 17.0. The third kappa shape index (κ3) is 6.38. The van der Waals surface area contributed by atoms with E-state index in [0.29, 0.717) is 22.3 Å². The quantitative estimate of drug-likeness (QED) is 0.196. The molecule has 2 aromatic carbocycles. The number of carbonyl (C=O) groups excluding carboxylic acids is 1. The van der Waals surface area contributed by atoms with Crippen molar-refractivity contribution >= 4 is 34.9 Å². The second-order valence-electron chi connectivity index (χ2n) is 10.2. The molecule has 0 aliphatic heterocycles. The fourth-order valence-electron chi connectivity index (χ4n) is 5.32. The number of hydrogen-bond acceptors (Lipinski definition) is 7. The van der Waals surface area contributed by atoms with Crippen LogP contribution in [0.3, 0.4) is 0 Å². The predicted molar refractivity (Wildman–Crippen MR) is 160 cm³/mol. The number of anilines is 1. The van der Waals surface area contributed by atoms with Crippen molar-refractivity contribution < 1.29 is 9.53 Å². The van der Waals surface area contributed by atoms with Crippen LogP contribution in [0.1, 0.15) is 53.4 Å². The molecule has 0 saturated heterocycles. The number of amides is 1. The summed E-state index contributed by atoms with van der Waals surface area (Å²) in [4.78, 5) is 18.8. The molecule has 0 radical (unpaired) electrons. The van der Waals surface area contributed by atoms with E-state index in [2.05, 4.69) is 36.2 Å². The average Bonchev–Trinajstić information content (AvgIpc) is 3.67. The molecular formula is C31H34N6O2S. The summed E-state index contributed by atoms with van der Waals surface area (Å²) in [6.45, 7) is 2.41. The van der Waals surface area contributed by atoms with Crippen LogP contribution in [0.4, 0.5) is 5.82 Å². The Morgan fingerprint density at radius 3 is 2.45 bits per heavy atom. The van der Waals surface area contributed by atoms with Gasteiger partial charge in [0.25, 0.3) is 5.91 Å². The van der Waals surface area contributed by atoms with Gasteiger partial charge in [0.1, 0.15) is 0 Å². The van der Waals surface area contributed by atoms with E-state index in [1.165, 1.54) is 23.8 Å². The topological polar surface area (TPSA) is 98.3 Å². The lowest BCUT2D eigenvalue weighted by Crippen LogP contribution is -2.45. The van der Waals surface area contributed by atoms with Crippen LogP contribution >= 0.6 is 11.3 Å². The number of benzene rings is 2. The summed E-state index contributed by atoms with van der Waals surface area (Å²) in [7, 11) is 2.19. The number of ether oxygens (including phenoxy) is 1. The van der Waals surface area contributed by atoms with Crippen LogP contribution in [0.25, 0.3) is 5.69 Å². The maximum absolute atomic E-state index is 13.8. The van der Waals surface area contributed by atoms with Crippen LogP contribution < -0.4 is 4.90 Å². The van der Waals surface area contributed by atoms with Gasteiger partial charge in [-0.15, -0.1) is 16.4 Å². The Kier molecular flexibility index (Phi) is 8.52. The number of rotatable bonds is 8. The molecule has 0 spiro atoms. The first-order valence-corrected chi connectivity index (χ1v) is 14.4. The van der Waals surface area contributed by atoms with Gasteiger partial charge in [-0.3, -0.25) is 25.4 Å². The first kappa shape index (κ1) is 27.5. The first-order chi connectivity index (χ1) is 19.4. The molecular weight excluding hydrogens is 520 g/mol. The molecule has 2 aromatic heterocycles. The van der Waals surface area contributed by atoms with Crippen LogP contribution in [0.5, 0.6) is 0 Å². The molecule has 2 N–H and O–H groups in total. The molecule has 8 nitrogen and oxygen atoms in total. The van der Waals surface area contributed by atoms with Crippen molar-refractivity contribution in [2.24, 2.45) is 0 Å². The van der Waals surface area contributed by atoms with E-state index in [-0.39, 0.29) is 23.7 Å². The van der Waals surface area contributed by atoms with Crippen LogP contribution in [0.15, 0.2) is 84.4 Å². The summed E-state index contributed by atoms with van der Waals surface area (Å²) in [6.07, 6.45) is 5.68. The molecule has 1 amide bonds. The smallest absolute Gasteiger partial charge is 0.269 e. The fraction of sp³-hybridized carbons (Fsp3) is 0.290. The predicted octanol–water partition coefficient (Wildman–Crippen LogP) is 6.36. The van der Waals surface area contributed by atoms with Gasteiger partial charge in [-0.1, -0.05) is 42.5 Å². The van der Waals surface area contributed by atoms with E-state index >= 15 is 0 Å². The molecule has 0 unspecified atom stereocenters. The van der Waals surface area contributed by atoms with Crippen LogP contribution in [0, 0.1) is 10.8 Å². The number of carbonyl (C=O) groups is 1. The van der Waals surface area contributed by atoms with Gasteiger partial charge in [0.15, 0.2) is 11.7 Å². The van der Waals surface area contributed by atoms with E-state index < -0.39 is 0 Å². The molecule has 4 aromatic rings. The molecule has 2 heterocycles. The SMILES string of the molecule is CC(=N)OC(=N)c1cccc(-n2ccc(N(C(=O)c3cccs3)[C@H]3CC[C@H](N(C)Cc4ccccc4)CC3)n2)c1. The highest BCUT2D eigenvalue weighted by atomic mass is 32.1. The number of hydrogen-bond donors (Lipinski definition) is 2. The van der Waals surface area contributed by atoms with Crippen LogP contribution in [-0.2, 0) is 11.3 Å². The highest BCUT2D eigenvalue weighted by Crippen LogP contribution is 2.31. The average molecular weight is 555 g/mol. The van der Waals surface area contributed by atoms with E-state index in [4.69, 9.17) is 20.7 Å². The van der Waals surface area contributed by atoms with Gasteiger partial charge >= 0.3 is 0 Å². The second-order valence-corrected chi connectivity index (χ2v) is 11.1. The number of nitrogens with one attached hydrogen (secondary N) is 2. The van der Waals surface area contributed by atoms with Gasteiger partial charge in [0, 0.05) is 43.4 Å². The van der Waals surface area contributed by atoms with Crippen molar-refractivity contribution in [3.8, 4) is 5.69 Å². The van der Waals surface area contributed by atoms with Crippen molar-refractivity contribution in [1.82, 2.24) is 14.7 Å². The molecule has 1 aliphatic carbocycles. The Morgan fingerprint density at radius 2 is 1.75 bits per heavy atom. The Labute approximate surface area is 238 Å². The Balaban J connectivity index is 1.34. The van der Waals surface area contributed by atoms with Crippen molar-refractivity contribution in [3.63, 3.8) is 0 Å². The standard InChI is InChI=1S/C31H34N6O2S/c1-22(32)39-30(33)24-10-6-11-27(20-24)36-18-17-29(34-36)37(31(38)28-12-7-19-40-28)26-15-13-25(14-16-26)35(2)21-23-8-4-3-5-9-23/h3-12,17-20,25-26,32-33H,13-16,21H2,1-2H3/t25-,26-. The lowest BCUT2D eigenvalue weighted by molar-refractivity contribution is 0.0961. The van der Waals surface area contributed by atoms with Gasteiger partial charge in [0.05, 0.1) is 10.6 Å². The molecule has 1 fully saturated rings. The Hall–Kier alpha value is -4.08. The second kappa shape index (κ2) is 12.4. The van der Waals surface area contributed by atoms with E-state index in [1.54, 1.807) is 16.8 Å². The summed E-state index contributed by atoms with van der Waals surface area (Å²) >= 11 is 1.45. The maximum atomic E-state index is 13.8. The molecule has 40 heavy (non-hydrogen) atoms. The van der Waals surface area contributed by atoms with Crippen molar-refractivity contribution in [1.29, 1.82) is 10.8 Å².